The smallest absolute Gasteiger partial charge is 0.202 e. The number of aromatic nitrogens is 1. The van der Waals surface area contributed by atoms with Gasteiger partial charge in [0.05, 0.1) is 31.4 Å². The van der Waals surface area contributed by atoms with Crippen LogP contribution >= 0.6 is 0 Å². The van der Waals surface area contributed by atoms with Crippen LogP contribution in [-0.4, -0.2) is 35.7 Å². The summed E-state index contributed by atoms with van der Waals surface area (Å²) in [6, 6.07) is 10.8. The molecule has 0 amide bonds. The van der Waals surface area contributed by atoms with Crippen LogP contribution in [0.2, 0.25) is 0 Å². The van der Waals surface area contributed by atoms with E-state index < -0.39 is 0 Å². The fourth-order valence-corrected chi connectivity index (χ4v) is 5.58. The van der Waals surface area contributed by atoms with Gasteiger partial charge >= 0.3 is 0 Å². The van der Waals surface area contributed by atoms with Crippen molar-refractivity contribution in [1.82, 2.24) is 9.88 Å². The highest BCUT2D eigenvalue weighted by atomic mass is 16.5. The standard InChI is InChI=1S/C28H40N2O2/c1-4-22-15-16-30(19-26(22)31-20-21(2)3)18-25-17-29-28(32-25)27(23-11-7-5-8-12-23)24-13-9-6-10-14-24/h5,7-8,11-12,17,22,24,26-27H,2,4,6,9-10,13-16,18-20H2,1,3H3. The van der Waals surface area contributed by atoms with Gasteiger partial charge in [0.15, 0.2) is 0 Å². The van der Waals surface area contributed by atoms with Crippen molar-refractivity contribution in [2.75, 3.05) is 19.7 Å². The zero-order valence-electron chi connectivity index (χ0n) is 20.0. The number of rotatable bonds is 9. The van der Waals surface area contributed by atoms with Crippen LogP contribution in [0.4, 0.5) is 0 Å². The average Bonchev–Trinajstić information content (AvgIpc) is 3.27. The summed E-state index contributed by atoms with van der Waals surface area (Å²) in [4.78, 5) is 7.28. The number of oxazole rings is 1. The van der Waals surface area contributed by atoms with E-state index in [1.807, 2.05) is 13.1 Å². The summed E-state index contributed by atoms with van der Waals surface area (Å²) in [6.45, 7) is 11.8. The molecule has 0 spiro atoms. The Morgan fingerprint density at radius 3 is 2.69 bits per heavy atom. The minimum atomic E-state index is 0.266. The number of ether oxygens (including phenoxy) is 1. The molecule has 32 heavy (non-hydrogen) atoms. The molecule has 4 rings (SSSR count). The largest absolute Gasteiger partial charge is 0.444 e. The van der Waals surface area contributed by atoms with Gasteiger partial charge in [-0.05, 0) is 50.1 Å². The number of hydrogen-bond acceptors (Lipinski definition) is 4. The Balaban J connectivity index is 1.45. The summed E-state index contributed by atoms with van der Waals surface area (Å²) in [6.07, 6.45) is 11.1. The van der Waals surface area contributed by atoms with Gasteiger partial charge < -0.3 is 9.15 Å². The minimum absolute atomic E-state index is 0.266. The molecular weight excluding hydrogens is 396 g/mol. The third-order valence-corrected chi connectivity index (χ3v) is 7.35. The molecule has 4 nitrogen and oxygen atoms in total. The average molecular weight is 437 g/mol. The fourth-order valence-electron chi connectivity index (χ4n) is 5.58. The van der Waals surface area contributed by atoms with Crippen LogP contribution in [0.1, 0.15) is 81.9 Å². The molecule has 2 aromatic rings. The van der Waals surface area contributed by atoms with E-state index in [0.717, 1.165) is 36.9 Å². The third kappa shape index (κ3) is 5.90. The van der Waals surface area contributed by atoms with Crippen molar-refractivity contribution in [3.8, 4) is 0 Å². The van der Waals surface area contributed by atoms with Gasteiger partial charge in [-0.15, -0.1) is 0 Å². The molecule has 1 aliphatic carbocycles. The Bertz CT molecular complexity index is 840. The molecule has 174 valence electrons. The first-order valence-corrected chi connectivity index (χ1v) is 12.6. The van der Waals surface area contributed by atoms with Crippen LogP contribution < -0.4 is 0 Å². The van der Waals surface area contributed by atoms with E-state index in [-0.39, 0.29) is 12.0 Å². The monoisotopic (exact) mass is 436 g/mol. The molecule has 3 atom stereocenters. The van der Waals surface area contributed by atoms with E-state index in [1.165, 1.54) is 50.5 Å². The van der Waals surface area contributed by atoms with Crippen LogP contribution in [-0.2, 0) is 11.3 Å². The normalized spacial score (nSPS) is 23.8. The molecular formula is C28H40N2O2. The lowest BCUT2D eigenvalue weighted by molar-refractivity contribution is -0.0334. The highest BCUT2D eigenvalue weighted by Gasteiger charge is 2.32. The Morgan fingerprint density at radius 2 is 1.97 bits per heavy atom. The Labute approximate surface area is 194 Å². The van der Waals surface area contributed by atoms with Crippen molar-refractivity contribution in [2.24, 2.45) is 11.8 Å². The van der Waals surface area contributed by atoms with Crippen molar-refractivity contribution in [1.29, 1.82) is 0 Å². The van der Waals surface area contributed by atoms with E-state index in [4.69, 9.17) is 14.1 Å². The lowest BCUT2D eigenvalue weighted by atomic mass is 9.77. The third-order valence-electron chi connectivity index (χ3n) is 7.35. The molecule has 3 unspecified atom stereocenters. The zero-order chi connectivity index (χ0) is 22.3. The molecule has 2 aliphatic rings. The number of nitrogens with zero attached hydrogens (tertiary/aromatic N) is 2. The molecule has 0 bridgehead atoms. The summed E-state index contributed by atoms with van der Waals surface area (Å²) < 4.78 is 12.6. The molecule has 1 saturated heterocycles. The lowest BCUT2D eigenvalue weighted by Crippen LogP contribution is -2.44. The first kappa shape index (κ1) is 23.3. The van der Waals surface area contributed by atoms with E-state index in [1.54, 1.807) is 0 Å². The summed E-state index contributed by atoms with van der Waals surface area (Å²) >= 11 is 0. The Kier molecular flexibility index (Phi) is 8.20. The van der Waals surface area contributed by atoms with Crippen LogP contribution in [0.25, 0.3) is 0 Å². The maximum absolute atomic E-state index is 6.44. The van der Waals surface area contributed by atoms with E-state index in [2.05, 4.69) is 48.7 Å². The first-order chi connectivity index (χ1) is 15.6. The van der Waals surface area contributed by atoms with Gasteiger partial charge in [-0.2, -0.15) is 0 Å². The molecule has 1 aliphatic heterocycles. The molecule has 2 fully saturated rings. The van der Waals surface area contributed by atoms with Crippen LogP contribution in [0, 0.1) is 11.8 Å². The highest BCUT2D eigenvalue weighted by molar-refractivity contribution is 5.26. The SMILES string of the molecule is C=C(C)COC1CN(Cc2cnc(C(c3ccccc3)C3CCCCC3)o2)CCC1CC. The predicted octanol–water partition coefficient (Wildman–Crippen LogP) is 6.58. The summed E-state index contributed by atoms with van der Waals surface area (Å²) in [5, 5.41) is 0. The van der Waals surface area contributed by atoms with E-state index in [9.17, 15) is 0 Å². The van der Waals surface area contributed by atoms with Gasteiger partial charge in [0, 0.05) is 6.54 Å². The van der Waals surface area contributed by atoms with Gasteiger partial charge in [0.25, 0.3) is 0 Å². The molecule has 0 radical (unpaired) electrons. The number of hydrogen-bond donors (Lipinski definition) is 0. The van der Waals surface area contributed by atoms with Crippen molar-refractivity contribution in [2.45, 2.75) is 77.4 Å². The molecule has 0 N–H and O–H groups in total. The van der Waals surface area contributed by atoms with Crippen LogP contribution in [0.5, 0.6) is 0 Å². The van der Waals surface area contributed by atoms with Gasteiger partial charge in [-0.3, -0.25) is 4.90 Å². The molecule has 1 aromatic carbocycles. The number of likely N-dealkylation sites (tertiary alicyclic amines) is 1. The Hall–Kier alpha value is -1.91. The molecule has 2 heterocycles. The predicted molar refractivity (Wildman–Crippen MR) is 130 cm³/mol. The van der Waals surface area contributed by atoms with Crippen LogP contribution in [0.3, 0.4) is 0 Å². The lowest BCUT2D eigenvalue weighted by Gasteiger charge is -2.37. The van der Waals surface area contributed by atoms with Crippen molar-refractivity contribution < 1.29 is 9.15 Å². The maximum atomic E-state index is 6.44. The maximum Gasteiger partial charge on any atom is 0.202 e. The number of piperidine rings is 1. The van der Waals surface area contributed by atoms with Gasteiger partial charge in [0.1, 0.15) is 5.76 Å². The molecule has 4 heteroatoms. The summed E-state index contributed by atoms with van der Waals surface area (Å²) in [5.41, 5.74) is 2.43. The second kappa shape index (κ2) is 11.3. The van der Waals surface area contributed by atoms with Crippen molar-refractivity contribution in [3.63, 3.8) is 0 Å². The molecule has 1 saturated carbocycles. The Morgan fingerprint density at radius 1 is 1.19 bits per heavy atom. The van der Waals surface area contributed by atoms with Crippen LogP contribution in [0.15, 0.2) is 53.1 Å². The molecule has 1 aromatic heterocycles. The first-order valence-electron chi connectivity index (χ1n) is 12.6. The quantitative estimate of drug-likeness (QED) is 0.416. The second-order valence-electron chi connectivity index (χ2n) is 9.95. The second-order valence-corrected chi connectivity index (χ2v) is 9.95. The number of benzene rings is 1. The van der Waals surface area contributed by atoms with Crippen molar-refractivity contribution >= 4 is 0 Å². The zero-order valence-corrected chi connectivity index (χ0v) is 20.0. The van der Waals surface area contributed by atoms with Gasteiger partial charge in [-0.1, -0.05) is 75.1 Å². The van der Waals surface area contributed by atoms with Crippen molar-refractivity contribution in [3.05, 3.63) is 65.9 Å². The van der Waals surface area contributed by atoms with Gasteiger partial charge in [-0.25, -0.2) is 4.98 Å². The van der Waals surface area contributed by atoms with E-state index in [0.29, 0.717) is 18.4 Å². The summed E-state index contributed by atoms with van der Waals surface area (Å²) in [7, 11) is 0. The van der Waals surface area contributed by atoms with E-state index >= 15 is 0 Å². The van der Waals surface area contributed by atoms with Gasteiger partial charge in [0.2, 0.25) is 5.89 Å². The fraction of sp³-hybridized carbons (Fsp3) is 0.607. The topological polar surface area (TPSA) is 38.5 Å². The summed E-state index contributed by atoms with van der Waals surface area (Å²) in [5.74, 6) is 3.40. The highest BCUT2D eigenvalue weighted by Crippen LogP contribution is 2.40. The minimum Gasteiger partial charge on any atom is -0.444 e.